The number of aryl methyl sites for hydroxylation is 1. The summed E-state index contributed by atoms with van der Waals surface area (Å²) < 4.78 is 22.7. The number of nitrogens with zero attached hydrogens (tertiary/aromatic N) is 3. The van der Waals surface area contributed by atoms with Crippen molar-refractivity contribution < 1.29 is 33.3 Å². The fourth-order valence-corrected chi connectivity index (χ4v) is 6.50. The maximum atomic E-state index is 14.1. The van der Waals surface area contributed by atoms with Crippen LogP contribution in [0.5, 0.6) is 5.75 Å². The highest BCUT2D eigenvalue weighted by Crippen LogP contribution is 2.35. The Balaban J connectivity index is 1.55. The Morgan fingerprint density at radius 3 is 2.35 bits per heavy atom. The van der Waals surface area contributed by atoms with Gasteiger partial charge in [0.05, 0.1) is 19.1 Å². The zero-order valence-electron chi connectivity index (χ0n) is 29.2. The van der Waals surface area contributed by atoms with Gasteiger partial charge in [-0.2, -0.15) is 0 Å². The van der Waals surface area contributed by atoms with Crippen LogP contribution in [-0.4, -0.2) is 110 Å². The van der Waals surface area contributed by atoms with Crippen LogP contribution >= 0.6 is 0 Å². The summed E-state index contributed by atoms with van der Waals surface area (Å²) in [6.45, 7) is 16.0. The summed E-state index contributed by atoms with van der Waals surface area (Å²) in [7, 11) is 1.67. The van der Waals surface area contributed by atoms with E-state index >= 15 is 0 Å². The van der Waals surface area contributed by atoms with Crippen LogP contribution < -0.4 is 4.74 Å². The number of amides is 3. The number of likely N-dealkylation sites (tertiary alicyclic amines) is 1. The summed E-state index contributed by atoms with van der Waals surface area (Å²) in [6, 6.07) is 5.90. The lowest BCUT2D eigenvalue weighted by molar-refractivity contribution is -0.141. The molecule has 3 aliphatic rings. The Morgan fingerprint density at radius 2 is 1.76 bits per heavy atom. The van der Waals surface area contributed by atoms with E-state index in [1.54, 1.807) is 12.0 Å². The Hall–Kier alpha value is -2.85. The Kier molecular flexibility index (Phi) is 12.8. The molecule has 1 aromatic carbocycles. The van der Waals surface area contributed by atoms with E-state index in [1.807, 2.05) is 57.7 Å². The molecule has 0 unspecified atom stereocenters. The SMILES string of the molecule is CCc1ccc(C(=O)N(C[C@@H]2CN(C(=O)OC(C)(C)C)C[C@H]2CN(C(=O)[C@H]2CCCOC2)C2CC2)C(C)C)cc1OCCCOC. The highest BCUT2D eigenvalue weighted by atomic mass is 16.6. The summed E-state index contributed by atoms with van der Waals surface area (Å²) in [5.41, 5.74) is 1.02. The van der Waals surface area contributed by atoms with Crippen molar-refractivity contribution in [3.8, 4) is 5.75 Å². The van der Waals surface area contributed by atoms with Crippen molar-refractivity contribution in [3.63, 3.8) is 0 Å². The molecule has 1 aromatic rings. The van der Waals surface area contributed by atoms with Crippen molar-refractivity contribution in [1.29, 1.82) is 0 Å². The highest BCUT2D eigenvalue weighted by molar-refractivity contribution is 5.95. The van der Waals surface area contributed by atoms with Crippen molar-refractivity contribution >= 4 is 17.9 Å². The molecule has 3 atom stereocenters. The number of hydrogen-bond acceptors (Lipinski definition) is 7. The zero-order valence-corrected chi connectivity index (χ0v) is 29.2. The largest absolute Gasteiger partial charge is 0.493 e. The van der Waals surface area contributed by atoms with E-state index in [0.29, 0.717) is 58.2 Å². The molecule has 2 saturated heterocycles. The molecule has 0 spiro atoms. The second-order valence-corrected chi connectivity index (χ2v) is 14.5. The van der Waals surface area contributed by atoms with E-state index in [0.717, 1.165) is 49.8 Å². The van der Waals surface area contributed by atoms with Crippen molar-refractivity contribution in [3.05, 3.63) is 29.3 Å². The van der Waals surface area contributed by atoms with Gasteiger partial charge in [0, 0.05) is 82.4 Å². The smallest absolute Gasteiger partial charge is 0.410 e. The lowest BCUT2D eigenvalue weighted by Crippen LogP contribution is -2.47. The van der Waals surface area contributed by atoms with E-state index in [9.17, 15) is 14.4 Å². The fourth-order valence-electron chi connectivity index (χ4n) is 6.50. The normalized spacial score (nSPS) is 21.7. The molecule has 0 N–H and O–H groups in total. The van der Waals surface area contributed by atoms with Gasteiger partial charge in [-0.05, 0) is 84.4 Å². The molecular formula is C36H57N3O7. The van der Waals surface area contributed by atoms with E-state index in [4.69, 9.17) is 18.9 Å². The summed E-state index contributed by atoms with van der Waals surface area (Å²) >= 11 is 0. The van der Waals surface area contributed by atoms with Gasteiger partial charge in [-0.25, -0.2) is 4.79 Å². The molecule has 0 aromatic heterocycles. The molecule has 0 bridgehead atoms. The Morgan fingerprint density at radius 1 is 1.04 bits per heavy atom. The van der Waals surface area contributed by atoms with Crippen molar-refractivity contribution in [1.82, 2.24) is 14.7 Å². The molecule has 0 radical (unpaired) electrons. The molecule has 10 heteroatoms. The van der Waals surface area contributed by atoms with E-state index in [1.165, 1.54) is 0 Å². The minimum absolute atomic E-state index is 0.0118. The van der Waals surface area contributed by atoms with Gasteiger partial charge in [-0.3, -0.25) is 9.59 Å². The molecule has 10 nitrogen and oxygen atoms in total. The number of carbonyl (C=O) groups excluding carboxylic acids is 3. The van der Waals surface area contributed by atoms with Gasteiger partial charge < -0.3 is 33.6 Å². The third-order valence-electron chi connectivity index (χ3n) is 9.20. The summed E-state index contributed by atoms with van der Waals surface area (Å²) in [6.07, 6.45) is 4.98. The number of carbonyl (C=O) groups is 3. The molecule has 3 fully saturated rings. The van der Waals surface area contributed by atoms with Gasteiger partial charge in [0.25, 0.3) is 5.91 Å². The van der Waals surface area contributed by atoms with E-state index in [-0.39, 0.29) is 47.7 Å². The van der Waals surface area contributed by atoms with Gasteiger partial charge in [0.1, 0.15) is 11.4 Å². The number of methoxy groups -OCH3 is 1. The Bertz CT molecular complexity index is 1170. The van der Waals surface area contributed by atoms with Crippen LogP contribution in [-0.2, 0) is 25.4 Å². The van der Waals surface area contributed by atoms with Crippen LogP contribution in [0.15, 0.2) is 18.2 Å². The van der Waals surface area contributed by atoms with Gasteiger partial charge in [-0.15, -0.1) is 0 Å². The van der Waals surface area contributed by atoms with Gasteiger partial charge >= 0.3 is 6.09 Å². The van der Waals surface area contributed by atoms with Gasteiger partial charge in [-0.1, -0.05) is 13.0 Å². The average Bonchev–Trinajstić information content (AvgIpc) is 3.79. The lowest BCUT2D eigenvalue weighted by atomic mass is 9.92. The highest BCUT2D eigenvalue weighted by Gasteiger charge is 2.44. The van der Waals surface area contributed by atoms with Crippen molar-refractivity contribution in [2.24, 2.45) is 17.8 Å². The zero-order chi connectivity index (χ0) is 33.4. The fraction of sp³-hybridized carbons (Fsp3) is 0.750. The molecule has 1 saturated carbocycles. The van der Waals surface area contributed by atoms with Crippen molar-refractivity contribution in [2.75, 3.05) is 59.7 Å². The van der Waals surface area contributed by atoms with E-state index in [2.05, 4.69) is 11.8 Å². The van der Waals surface area contributed by atoms with Crippen LogP contribution in [0.2, 0.25) is 0 Å². The number of rotatable bonds is 14. The van der Waals surface area contributed by atoms with Gasteiger partial charge in [0.2, 0.25) is 5.91 Å². The number of benzene rings is 1. The minimum atomic E-state index is -0.615. The monoisotopic (exact) mass is 643 g/mol. The van der Waals surface area contributed by atoms with Crippen LogP contribution in [0.3, 0.4) is 0 Å². The summed E-state index contributed by atoms with van der Waals surface area (Å²) in [5.74, 6) is 0.717. The molecule has 2 heterocycles. The second kappa shape index (κ2) is 16.3. The number of hydrogen-bond donors (Lipinski definition) is 0. The molecule has 3 amide bonds. The topological polar surface area (TPSA) is 97.9 Å². The first kappa shape index (κ1) is 36.0. The van der Waals surface area contributed by atoms with Gasteiger partial charge in [0.15, 0.2) is 0 Å². The van der Waals surface area contributed by atoms with Crippen LogP contribution in [0, 0.1) is 17.8 Å². The van der Waals surface area contributed by atoms with Crippen LogP contribution in [0.1, 0.15) is 89.6 Å². The molecule has 46 heavy (non-hydrogen) atoms. The van der Waals surface area contributed by atoms with E-state index < -0.39 is 5.60 Å². The first-order chi connectivity index (χ1) is 21.9. The first-order valence-corrected chi connectivity index (χ1v) is 17.3. The Labute approximate surface area is 276 Å². The van der Waals surface area contributed by atoms with Crippen LogP contribution in [0.25, 0.3) is 0 Å². The summed E-state index contributed by atoms with van der Waals surface area (Å²) in [5, 5.41) is 0. The average molecular weight is 644 g/mol. The van der Waals surface area contributed by atoms with Crippen molar-refractivity contribution in [2.45, 2.75) is 97.8 Å². The van der Waals surface area contributed by atoms with Crippen LogP contribution in [0.4, 0.5) is 4.79 Å². The molecule has 4 rings (SSSR count). The predicted octanol–water partition coefficient (Wildman–Crippen LogP) is 5.42. The maximum absolute atomic E-state index is 14.1. The lowest BCUT2D eigenvalue weighted by Gasteiger charge is -2.35. The third-order valence-corrected chi connectivity index (χ3v) is 9.20. The second-order valence-electron chi connectivity index (χ2n) is 14.5. The minimum Gasteiger partial charge on any atom is -0.493 e. The quantitative estimate of drug-likeness (QED) is 0.250. The molecule has 2 aliphatic heterocycles. The third kappa shape index (κ3) is 9.83. The maximum Gasteiger partial charge on any atom is 0.410 e. The number of ether oxygens (including phenoxy) is 4. The molecular weight excluding hydrogens is 586 g/mol. The summed E-state index contributed by atoms with van der Waals surface area (Å²) in [4.78, 5) is 46.9. The first-order valence-electron chi connectivity index (χ1n) is 17.3. The standard InChI is InChI=1S/C36H57N3O7/c1-8-26-12-13-27(19-32(26)45-18-10-16-43-7)33(40)38(25(2)3)22-29-20-37(35(42)46-36(4,5)6)21-30(29)23-39(31-14-15-31)34(41)28-11-9-17-44-24-28/h12-13,19,25,28-31H,8-11,14-18,20-24H2,1-7H3/t28-,29-,30-/m0/s1. The molecule has 1 aliphatic carbocycles. The predicted molar refractivity (Wildman–Crippen MR) is 177 cm³/mol. The molecule has 258 valence electrons.